The molecule has 3 rings (SSSR count). The summed E-state index contributed by atoms with van der Waals surface area (Å²) in [6.45, 7) is 4.82. The van der Waals surface area contributed by atoms with E-state index in [0.29, 0.717) is 0 Å². The SMILES string of the molecule is COc1cccc(C2CC(NC3CCC(C)C(C)C3)C2)c1. The van der Waals surface area contributed by atoms with E-state index in [2.05, 4.69) is 37.4 Å². The van der Waals surface area contributed by atoms with Gasteiger partial charge in [-0.2, -0.15) is 0 Å². The fourth-order valence-corrected chi connectivity index (χ4v) is 3.95. The van der Waals surface area contributed by atoms with Gasteiger partial charge in [0.05, 0.1) is 7.11 Å². The minimum absolute atomic E-state index is 0.720. The first-order valence-corrected chi connectivity index (χ1v) is 8.55. The average Bonchev–Trinajstić information content (AvgIpc) is 2.46. The topological polar surface area (TPSA) is 21.3 Å². The molecule has 0 heterocycles. The predicted octanol–water partition coefficient (Wildman–Crippen LogP) is 4.36. The molecule has 0 radical (unpaired) electrons. The first-order valence-electron chi connectivity index (χ1n) is 8.55. The number of nitrogens with one attached hydrogen (secondary N) is 1. The minimum atomic E-state index is 0.720. The van der Waals surface area contributed by atoms with Crippen LogP contribution < -0.4 is 10.1 Å². The van der Waals surface area contributed by atoms with E-state index in [1.165, 1.54) is 37.7 Å². The van der Waals surface area contributed by atoms with Crippen LogP contribution in [0, 0.1) is 11.8 Å². The van der Waals surface area contributed by atoms with Gasteiger partial charge in [-0.1, -0.05) is 26.0 Å². The van der Waals surface area contributed by atoms with Crippen molar-refractivity contribution in [1.29, 1.82) is 0 Å². The lowest BCUT2D eigenvalue weighted by Gasteiger charge is -2.41. The van der Waals surface area contributed by atoms with E-state index in [-0.39, 0.29) is 0 Å². The maximum absolute atomic E-state index is 5.33. The van der Waals surface area contributed by atoms with Gasteiger partial charge in [0.1, 0.15) is 5.75 Å². The quantitative estimate of drug-likeness (QED) is 0.888. The van der Waals surface area contributed by atoms with Gasteiger partial charge >= 0.3 is 0 Å². The standard InChI is InChI=1S/C19H29NO/c1-13-7-8-17(9-14(13)2)20-18-10-16(11-18)15-5-4-6-19(12-15)21-3/h4-6,12-14,16-18,20H,7-11H2,1-3H3. The summed E-state index contributed by atoms with van der Waals surface area (Å²) in [4.78, 5) is 0. The van der Waals surface area contributed by atoms with Crippen LogP contribution in [-0.4, -0.2) is 19.2 Å². The van der Waals surface area contributed by atoms with Gasteiger partial charge in [0.2, 0.25) is 0 Å². The third-order valence-electron chi connectivity index (χ3n) is 5.77. The van der Waals surface area contributed by atoms with E-state index in [4.69, 9.17) is 4.74 Å². The van der Waals surface area contributed by atoms with Crippen molar-refractivity contribution < 1.29 is 4.74 Å². The molecule has 21 heavy (non-hydrogen) atoms. The van der Waals surface area contributed by atoms with E-state index >= 15 is 0 Å². The molecule has 0 amide bonds. The number of hydrogen-bond donors (Lipinski definition) is 1. The Morgan fingerprint density at radius 2 is 1.81 bits per heavy atom. The fraction of sp³-hybridized carbons (Fsp3) is 0.684. The van der Waals surface area contributed by atoms with Gasteiger partial charge in [-0.15, -0.1) is 0 Å². The Morgan fingerprint density at radius 1 is 1.00 bits per heavy atom. The molecule has 2 fully saturated rings. The Morgan fingerprint density at radius 3 is 2.52 bits per heavy atom. The lowest BCUT2D eigenvalue weighted by molar-refractivity contribution is 0.183. The number of hydrogen-bond acceptors (Lipinski definition) is 2. The summed E-state index contributed by atoms with van der Waals surface area (Å²) < 4.78 is 5.33. The van der Waals surface area contributed by atoms with Crippen LogP contribution in [0.2, 0.25) is 0 Å². The Kier molecular flexibility index (Phi) is 4.54. The van der Waals surface area contributed by atoms with Gasteiger partial charge in [0, 0.05) is 12.1 Å². The zero-order chi connectivity index (χ0) is 14.8. The Hall–Kier alpha value is -1.02. The monoisotopic (exact) mass is 287 g/mol. The van der Waals surface area contributed by atoms with Crippen molar-refractivity contribution in [3.8, 4) is 5.75 Å². The highest BCUT2D eigenvalue weighted by Crippen LogP contribution is 2.39. The molecule has 0 spiro atoms. The van der Waals surface area contributed by atoms with Gasteiger partial charge in [0.15, 0.2) is 0 Å². The molecule has 3 unspecified atom stereocenters. The summed E-state index contributed by atoms with van der Waals surface area (Å²) in [7, 11) is 1.75. The normalized spacial score (nSPS) is 36.0. The van der Waals surface area contributed by atoms with Gasteiger partial charge in [-0.25, -0.2) is 0 Å². The smallest absolute Gasteiger partial charge is 0.119 e. The van der Waals surface area contributed by atoms with E-state index in [9.17, 15) is 0 Å². The number of methoxy groups -OCH3 is 1. The largest absolute Gasteiger partial charge is 0.497 e. The maximum atomic E-state index is 5.33. The lowest BCUT2D eigenvalue weighted by atomic mass is 9.74. The van der Waals surface area contributed by atoms with Crippen LogP contribution in [0.15, 0.2) is 24.3 Å². The molecule has 0 aromatic heterocycles. The second-order valence-electron chi connectivity index (χ2n) is 7.27. The highest BCUT2D eigenvalue weighted by molar-refractivity contribution is 5.32. The summed E-state index contributed by atoms with van der Waals surface area (Å²) >= 11 is 0. The molecule has 2 nitrogen and oxygen atoms in total. The van der Waals surface area contributed by atoms with E-state index in [1.807, 2.05) is 6.07 Å². The van der Waals surface area contributed by atoms with Gasteiger partial charge < -0.3 is 10.1 Å². The average molecular weight is 287 g/mol. The van der Waals surface area contributed by atoms with Crippen LogP contribution in [0.25, 0.3) is 0 Å². The molecule has 3 atom stereocenters. The first-order chi connectivity index (χ1) is 10.2. The zero-order valence-corrected chi connectivity index (χ0v) is 13.6. The van der Waals surface area contributed by atoms with Crippen molar-refractivity contribution in [2.24, 2.45) is 11.8 Å². The van der Waals surface area contributed by atoms with Gasteiger partial charge in [-0.05, 0) is 67.6 Å². The Bertz CT molecular complexity index is 466. The molecule has 1 aromatic rings. The highest BCUT2D eigenvalue weighted by atomic mass is 16.5. The predicted molar refractivity (Wildman–Crippen MR) is 87.9 cm³/mol. The zero-order valence-electron chi connectivity index (χ0n) is 13.6. The van der Waals surface area contributed by atoms with Crippen LogP contribution in [0.5, 0.6) is 5.75 Å². The molecular weight excluding hydrogens is 258 g/mol. The fourth-order valence-electron chi connectivity index (χ4n) is 3.95. The lowest BCUT2D eigenvalue weighted by Crippen LogP contribution is -2.47. The number of benzene rings is 1. The summed E-state index contributed by atoms with van der Waals surface area (Å²) in [5, 5.41) is 3.90. The van der Waals surface area contributed by atoms with Crippen LogP contribution >= 0.6 is 0 Å². The molecule has 116 valence electrons. The second-order valence-corrected chi connectivity index (χ2v) is 7.27. The van der Waals surface area contributed by atoms with E-state index in [1.54, 1.807) is 7.11 Å². The first kappa shape index (κ1) is 14.9. The molecule has 1 aromatic carbocycles. The molecule has 1 N–H and O–H groups in total. The van der Waals surface area contributed by atoms with Crippen molar-refractivity contribution in [2.45, 2.75) is 64.0 Å². The maximum Gasteiger partial charge on any atom is 0.119 e. The van der Waals surface area contributed by atoms with Crippen molar-refractivity contribution in [1.82, 2.24) is 5.32 Å². The molecule has 2 saturated carbocycles. The van der Waals surface area contributed by atoms with Crippen molar-refractivity contribution >= 4 is 0 Å². The highest BCUT2D eigenvalue weighted by Gasteiger charge is 2.33. The molecule has 2 heteroatoms. The summed E-state index contributed by atoms with van der Waals surface area (Å²) in [6, 6.07) is 10.1. The van der Waals surface area contributed by atoms with Crippen LogP contribution in [0.1, 0.15) is 57.4 Å². The molecule has 2 aliphatic rings. The van der Waals surface area contributed by atoms with Crippen molar-refractivity contribution in [3.63, 3.8) is 0 Å². The van der Waals surface area contributed by atoms with Crippen LogP contribution in [0.3, 0.4) is 0 Å². The summed E-state index contributed by atoms with van der Waals surface area (Å²) in [6.07, 6.45) is 6.69. The molecule has 0 bridgehead atoms. The van der Waals surface area contributed by atoms with Crippen molar-refractivity contribution in [3.05, 3.63) is 29.8 Å². The molecule has 0 saturated heterocycles. The summed E-state index contributed by atoms with van der Waals surface area (Å²) in [5.74, 6) is 3.50. The van der Waals surface area contributed by atoms with E-state index in [0.717, 1.165) is 35.6 Å². The number of ether oxygens (including phenoxy) is 1. The van der Waals surface area contributed by atoms with Gasteiger partial charge in [0.25, 0.3) is 0 Å². The number of rotatable bonds is 4. The van der Waals surface area contributed by atoms with Crippen LogP contribution in [0.4, 0.5) is 0 Å². The summed E-state index contributed by atoms with van der Waals surface area (Å²) in [5.41, 5.74) is 1.44. The molecular formula is C19H29NO. The van der Waals surface area contributed by atoms with Crippen LogP contribution in [-0.2, 0) is 0 Å². The van der Waals surface area contributed by atoms with Gasteiger partial charge in [-0.3, -0.25) is 0 Å². The second kappa shape index (κ2) is 6.39. The van der Waals surface area contributed by atoms with Crippen molar-refractivity contribution in [2.75, 3.05) is 7.11 Å². The Balaban J connectivity index is 1.47. The third kappa shape index (κ3) is 3.42. The molecule has 2 aliphatic carbocycles. The molecule has 0 aliphatic heterocycles. The van der Waals surface area contributed by atoms with E-state index < -0.39 is 0 Å². The minimum Gasteiger partial charge on any atom is -0.497 e. The third-order valence-corrected chi connectivity index (χ3v) is 5.77. The Labute approximate surface area is 129 Å².